The van der Waals surface area contributed by atoms with E-state index in [1.165, 1.54) is 41.9 Å². The monoisotopic (exact) mass is 476 g/mol. The van der Waals surface area contributed by atoms with E-state index in [2.05, 4.69) is 44.0 Å². The van der Waals surface area contributed by atoms with Crippen molar-refractivity contribution in [3.8, 4) is 17.3 Å². The van der Waals surface area contributed by atoms with Crippen molar-refractivity contribution in [3.05, 3.63) is 70.6 Å². The third-order valence-corrected chi connectivity index (χ3v) is 6.55. The zero-order valence-corrected chi connectivity index (χ0v) is 20.4. The molecule has 1 N–H and O–H groups in total. The van der Waals surface area contributed by atoms with E-state index in [1.807, 2.05) is 19.5 Å². The standard InChI is InChI=1S/C17H23N5.C9H6FNS/c1-21(2)17-15(4-3-9-18)20-16-6-5-14(12-22(16)17)13-7-10-19-11-8-13;10-8-3-1-7(2-4-8)9-5-12-6-11-9/h5-6,12-13,19H,3-4,7-8,10-11H2,1-2H3;1-6H. The number of aromatic nitrogens is 3. The molecule has 0 saturated carbocycles. The number of benzene rings is 1. The first kappa shape index (κ1) is 23.9. The number of hydrogen-bond acceptors (Lipinski definition) is 6. The minimum atomic E-state index is -0.214. The maximum Gasteiger partial charge on any atom is 0.138 e. The van der Waals surface area contributed by atoms with Gasteiger partial charge in [-0.3, -0.25) is 4.40 Å². The quantitative estimate of drug-likeness (QED) is 0.425. The first-order chi connectivity index (χ1) is 16.6. The summed E-state index contributed by atoms with van der Waals surface area (Å²) < 4.78 is 14.7. The summed E-state index contributed by atoms with van der Waals surface area (Å²) in [6.45, 7) is 2.20. The summed E-state index contributed by atoms with van der Waals surface area (Å²) in [4.78, 5) is 10.9. The highest BCUT2D eigenvalue weighted by Gasteiger charge is 2.18. The molecular formula is C26H29FN6S. The summed E-state index contributed by atoms with van der Waals surface area (Å²) in [5.74, 6) is 1.51. The first-order valence-electron chi connectivity index (χ1n) is 11.5. The molecule has 3 aromatic heterocycles. The number of thiazole rings is 1. The SMILES string of the molecule is CN(C)c1c(CCC#N)nc2ccc(C3CCNCC3)cn12.Fc1ccc(-c2cscn2)cc1. The highest BCUT2D eigenvalue weighted by Crippen LogP contribution is 2.28. The van der Waals surface area contributed by atoms with E-state index in [0.717, 1.165) is 41.5 Å². The van der Waals surface area contributed by atoms with Gasteiger partial charge in [0.1, 0.15) is 17.3 Å². The van der Waals surface area contributed by atoms with E-state index in [0.29, 0.717) is 18.8 Å². The van der Waals surface area contributed by atoms with Crippen molar-refractivity contribution in [1.82, 2.24) is 19.7 Å². The van der Waals surface area contributed by atoms with E-state index in [-0.39, 0.29) is 5.82 Å². The second-order valence-electron chi connectivity index (χ2n) is 8.53. The van der Waals surface area contributed by atoms with Crippen LogP contribution in [0, 0.1) is 17.1 Å². The third kappa shape index (κ3) is 5.61. The Balaban J connectivity index is 0.000000192. The van der Waals surface area contributed by atoms with Gasteiger partial charge in [-0.15, -0.1) is 11.3 Å². The Bertz CT molecular complexity index is 1240. The average Bonchev–Trinajstić information content (AvgIpc) is 3.52. The van der Waals surface area contributed by atoms with E-state index in [1.54, 1.807) is 17.6 Å². The van der Waals surface area contributed by atoms with Crippen molar-refractivity contribution < 1.29 is 4.39 Å². The van der Waals surface area contributed by atoms with Crippen LogP contribution in [-0.2, 0) is 6.42 Å². The van der Waals surface area contributed by atoms with Crippen molar-refractivity contribution in [1.29, 1.82) is 5.26 Å². The fourth-order valence-electron chi connectivity index (χ4n) is 4.29. The molecule has 4 heterocycles. The number of hydrogen-bond donors (Lipinski definition) is 1. The van der Waals surface area contributed by atoms with Crippen molar-refractivity contribution >= 4 is 22.8 Å². The number of aryl methyl sites for hydroxylation is 1. The molecule has 1 aliphatic rings. The fourth-order valence-corrected chi connectivity index (χ4v) is 4.85. The lowest BCUT2D eigenvalue weighted by Crippen LogP contribution is -2.26. The molecule has 0 bridgehead atoms. The third-order valence-electron chi connectivity index (χ3n) is 5.97. The van der Waals surface area contributed by atoms with Crippen LogP contribution in [0.25, 0.3) is 16.9 Å². The van der Waals surface area contributed by atoms with Crippen LogP contribution in [0.3, 0.4) is 0 Å². The van der Waals surface area contributed by atoms with Gasteiger partial charge in [-0.1, -0.05) is 6.07 Å². The molecule has 6 nitrogen and oxygen atoms in total. The Morgan fingerprint density at radius 2 is 1.94 bits per heavy atom. The fraction of sp³-hybridized carbons (Fsp3) is 0.346. The van der Waals surface area contributed by atoms with Gasteiger partial charge in [-0.05, 0) is 67.7 Å². The van der Waals surface area contributed by atoms with Crippen LogP contribution in [0.4, 0.5) is 10.2 Å². The summed E-state index contributed by atoms with van der Waals surface area (Å²) in [5, 5.41) is 14.2. The van der Waals surface area contributed by atoms with Crippen molar-refractivity contribution in [2.75, 3.05) is 32.1 Å². The summed E-state index contributed by atoms with van der Waals surface area (Å²) >= 11 is 1.53. The molecule has 8 heteroatoms. The molecule has 0 amide bonds. The lowest BCUT2D eigenvalue weighted by atomic mass is 9.91. The van der Waals surface area contributed by atoms with Crippen LogP contribution in [0.1, 0.15) is 36.4 Å². The van der Waals surface area contributed by atoms with Crippen LogP contribution in [0.15, 0.2) is 53.5 Å². The molecular weight excluding hydrogens is 447 g/mol. The molecule has 5 rings (SSSR count). The summed E-state index contributed by atoms with van der Waals surface area (Å²) in [5.41, 5.74) is 6.99. The zero-order valence-electron chi connectivity index (χ0n) is 19.5. The summed E-state index contributed by atoms with van der Waals surface area (Å²) in [6.07, 6.45) is 5.83. The highest BCUT2D eigenvalue weighted by molar-refractivity contribution is 7.07. The Labute approximate surface area is 203 Å². The molecule has 1 fully saturated rings. The molecule has 0 unspecified atom stereocenters. The van der Waals surface area contributed by atoms with Gasteiger partial charge in [0.05, 0.1) is 23.0 Å². The number of halogens is 1. The first-order valence-corrected chi connectivity index (χ1v) is 12.4. The highest BCUT2D eigenvalue weighted by atomic mass is 32.1. The predicted molar refractivity (Wildman–Crippen MR) is 136 cm³/mol. The van der Waals surface area contributed by atoms with Crippen LogP contribution in [-0.4, -0.2) is 41.6 Å². The van der Waals surface area contributed by atoms with E-state index in [4.69, 9.17) is 10.2 Å². The molecule has 0 spiro atoms. The van der Waals surface area contributed by atoms with E-state index < -0.39 is 0 Å². The average molecular weight is 477 g/mol. The van der Waals surface area contributed by atoms with Gasteiger partial charge >= 0.3 is 0 Å². The number of nitrogens with zero attached hydrogens (tertiary/aromatic N) is 5. The molecule has 4 aromatic rings. The van der Waals surface area contributed by atoms with Gasteiger partial charge in [0.2, 0.25) is 0 Å². The van der Waals surface area contributed by atoms with Crippen LogP contribution in [0.5, 0.6) is 0 Å². The number of rotatable bonds is 5. The maximum absolute atomic E-state index is 12.5. The predicted octanol–water partition coefficient (Wildman–Crippen LogP) is 5.27. The van der Waals surface area contributed by atoms with Crippen molar-refractivity contribution in [2.24, 2.45) is 0 Å². The normalized spacial score (nSPS) is 13.8. The molecule has 0 aliphatic carbocycles. The Morgan fingerprint density at radius 1 is 1.18 bits per heavy atom. The minimum absolute atomic E-state index is 0.214. The van der Waals surface area contributed by atoms with Gasteiger partial charge in [0.25, 0.3) is 0 Å². The van der Waals surface area contributed by atoms with Gasteiger partial charge in [-0.25, -0.2) is 14.4 Å². The van der Waals surface area contributed by atoms with Gasteiger partial charge in [0, 0.05) is 44.1 Å². The van der Waals surface area contributed by atoms with Crippen LogP contribution >= 0.6 is 11.3 Å². The number of nitrogens with one attached hydrogen (secondary N) is 1. The number of imidazole rings is 1. The largest absolute Gasteiger partial charge is 0.362 e. The van der Waals surface area contributed by atoms with Gasteiger partial charge < -0.3 is 10.2 Å². The smallest absolute Gasteiger partial charge is 0.138 e. The topological polar surface area (TPSA) is 69.2 Å². The summed E-state index contributed by atoms with van der Waals surface area (Å²) in [6, 6.07) is 12.9. The molecule has 176 valence electrons. The number of piperidine rings is 1. The second-order valence-corrected chi connectivity index (χ2v) is 9.25. The van der Waals surface area contributed by atoms with Crippen LogP contribution < -0.4 is 10.2 Å². The molecule has 0 radical (unpaired) electrons. The van der Waals surface area contributed by atoms with Crippen molar-refractivity contribution in [2.45, 2.75) is 31.6 Å². The molecule has 1 saturated heterocycles. The summed E-state index contributed by atoms with van der Waals surface area (Å²) in [7, 11) is 4.08. The molecule has 1 aliphatic heterocycles. The minimum Gasteiger partial charge on any atom is -0.362 e. The number of nitriles is 1. The Morgan fingerprint density at radius 3 is 2.59 bits per heavy atom. The van der Waals surface area contributed by atoms with E-state index in [9.17, 15) is 4.39 Å². The lowest BCUT2D eigenvalue weighted by molar-refractivity contribution is 0.459. The number of pyridine rings is 1. The van der Waals surface area contributed by atoms with Gasteiger partial charge in [-0.2, -0.15) is 5.26 Å². The number of anilines is 1. The molecule has 34 heavy (non-hydrogen) atoms. The Hall–Kier alpha value is -3.28. The molecule has 0 atom stereocenters. The molecule has 1 aromatic carbocycles. The van der Waals surface area contributed by atoms with Crippen LogP contribution in [0.2, 0.25) is 0 Å². The van der Waals surface area contributed by atoms with E-state index >= 15 is 0 Å². The second kappa shape index (κ2) is 11.2. The maximum atomic E-state index is 12.5. The van der Waals surface area contributed by atoms with Crippen molar-refractivity contribution in [3.63, 3.8) is 0 Å². The zero-order chi connectivity index (χ0) is 23.9. The van der Waals surface area contributed by atoms with Gasteiger partial charge in [0.15, 0.2) is 0 Å². The Kier molecular flexibility index (Phi) is 7.88. The lowest BCUT2D eigenvalue weighted by Gasteiger charge is -2.23. The number of fused-ring (bicyclic) bond motifs is 1.